The van der Waals surface area contributed by atoms with Crippen LogP contribution in [-0.4, -0.2) is 22.3 Å². The van der Waals surface area contributed by atoms with Crippen molar-refractivity contribution in [3.8, 4) is 0 Å². The summed E-state index contributed by atoms with van der Waals surface area (Å²) in [7, 11) is 0. The van der Waals surface area contributed by atoms with Gasteiger partial charge < -0.3 is 5.32 Å². The Kier molecular flexibility index (Phi) is 5.40. The standard InChI is InChI=1S/C12H16BrClN2O/c1-3-12(4-2,8-14)16-11(17)10-6-5-9(13)7-15-10/h5-7H,3-4,8H2,1-2H3,(H,16,17). The van der Waals surface area contributed by atoms with E-state index < -0.39 is 0 Å². The SMILES string of the molecule is CCC(CC)(CCl)NC(=O)c1ccc(Br)cn1. The first-order chi connectivity index (χ1) is 8.06. The van der Waals surface area contributed by atoms with E-state index in [4.69, 9.17) is 11.6 Å². The molecule has 5 heteroatoms. The molecule has 1 aromatic rings. The van der Waals surface area contributed by atoms with E-state index in [-0.39, 0.29) is 11.4 Å². The number of aromatic nitrogens is 1. The van der Waals surface area contributed by atoms with Crippen LogP contribution in [0.4, 0.5) is 0 Å². The van der Waals surface area contributed by atoms with Crippen LogP contribution < -0.4 is 5.32 Å². The molecule has 94 valence electrons. The minimum absolute atomic E-state index is 0.179. The largest absolute Gasteiger partial charge is 0.344 e. The summed E-state index contributed by atoms with van der Waals surface area (Å²) in [5.41, 5.74) is 0.0671. The number of nitrogens with zero attached hydrogens (tertiary/aromatic N) is 1. The number of hydrogen-bond acceptors (Lipinski definition) is 2. The normalized spacial score (nSPS) is 11.3. The van der Waals surface area contributed by atoms with Crippen LogP contribution in [0.25, 0.3) is 0 Å². The molecule has 0 aliphatic heterocycles. The lowest BCUT2D eigenvalue weighted by Crippen LogP contribution is -2.49. The van der Waals surface area contributed by atoms with Gasteiger partial charge in [-0.05, 0) is 40.9 Å². The number of carbonyl (C=O) groups is 1. The fourth-order valence-electron chi connectivity index (χ4n) is 1.46. The molecule has 0 spiro atoms. The molecule has 0 atom stereocenters. The van der Waals surface area contributed by atoms with E-state index in [1.165, 1.54) is 0 Å². The molecular weight excluding hydrogens is 304 g/mol. The Morgan fingerprint density at radius 3 is 2.53 bits per heavy atom. The third-order valence-corrected chi connectivity index (χ3v) is 3.93. The lowest BCUT2D eigenvalue weighted by atomic mass is 9.95. The van der Waals surface area contributed by atoms with E-state index in [1.807, 2.05) is 13.8 Å². The minimum atomic E-state index is -0.340. The molecule has 1 heterocycles. The van der Waals surface area contributed by atoms with Crippen molar-refractivity contribution in [3.05, 3.63) is 28.5 Å². The minimum Gasteiger partial charge on any atom is -0.344 e. The summed E-state index contributed by atoms with van der Waals surface area (Å²) in [5, 5.41) is 2.97. The van der Waals surface area contributed by atoms with Gasteiger partial charge in [0.15, 0.2) is 0 Å². The molecule has 1 rings (SSSR count). The zero-order chi connectivity index (χ0) is 12.9. The predicted octanol–water partition coefficient (Wildman–Crippen LogP) is 3.37. The number of hydrogen-bond donors (Lipinski definition) is 1. The Labute approximate surface area is 115 Å². The van der Waals surface area contributed by atoms with Gasteiger partial charge in [0.25, 0.3) is 5.91 Å². The van der Waals surface area contributed by atoms with Gasteiger partial charge in [-0.2, -0.15) is 0 Å². The second-order valence-electron chi connectivity index (χ2n) is 3.94. The Morgan fingerprint density at radius 1 is 1.47 bits per heavy atom. The first-order valence-electron chi connectivity index (χ1n) is 5.57. The molecule has 0 fully saturated rings. The number of alkyl halides is 1. The molecular formula is C12H16BrClN2O. The third kappa shape index (κ3) is 3.68. The average molecular weight is 320 g/mol. The number of amides is 1. The van der Waals surface area contributed by atoms with E-state index in [0.717, 1.165) is 17.3 Å². The second kappa shape index (κ2) is 6.36. The predicted molar refractivity (Wildman–Crippen MR) is 73.4 cm³/mol. The van der Waals surface area contributed by atoms with Crippen molar-refractivity contribution in [1.82, 2.24) is 10.3 Å². The van der Waals surface area contributed by atoms with Crippen LogP contribution in [0, 0.1) is 0 Å². The van der Waals surface area contributed by atoms with Crippen molar-refractivity contribution >= 4 is 33.4 Å². The van der Waals surface area contributed by atoms with Gasteiger partial charge >= 0.3 is 0 Å². The quantitative estimate of drug-likeness (QED) is 0.846. The maximum atomic E-state index is 12.0. The van der Waals surface area contributed by atoms with E-state index in [1.54, 1.807) is 18.3 Å². The number of halogens is 2. The van der Waals surface area contributed by atoms with Crippen molar-refractivity contribution in [2.75, 3.05) is 5.88 Å². The van der Waals surface area contributed by atoms with Gasteiger partial charge in [0, 0.05) is 16.5 Å². The molecule has 1 aromatic heterocycles. The van der Waals surface area contributed by atoms with Crippen LogP contribution in [0.5, 0.6) is 0 Å². The summed E-state index contributed by atoms with van der Waals surface area (Å²) in [6.07, 6.45) is 3.21. The molecule has 3 nitrogen and oxygen atoms in total. The molecule has 0 aromatic carbocycles. The van der Waals surface area contributed by atoms with Crippen molar-refractivity contribution in [3.63, 3.8) is 0 Å². The van der Waals surface area contributed by atoms with Gasteiger partial charge in [-0.3, -0.25) is 4.79 Å². The Balaban J connectivity index is 2.81. The molecule has 1 amide bonds. The number of nitrogens with one attached hydrogen (secondary N) is 1. The molecule has 0 bridgehead atoms. The van der Waals surface area contributed by atoms with Gasteiger partial charge in [-0.25, -0.2) is 4.98 Å². The van der Waals surface area contributed by atoms with Crippen LogP contribution in [0.3, 0.4) is 0 Å². The fourth-order valence-corrected chi connectivity index (χ4v) is 2.14. The zero-order valence-corrected chi connectivity index (χ0v) is 12.3. The van der Waals surface area contributed by atoms with Crippen molar-refractivity contribution in [2.45, 2.75) is 32.2 Å². The summed E-state index contributed by atoms with van der Waals surface area (Å²) in [4.78, 5) is 16.1. The van der Waals surface area contributed by atoms with Crippen molar-refractivity contribution in [1.29, 1.82) is 0 Å². The highest BCUT2D eigenvalue weighted by atomic mass is 79.9. The summed E-state index contributed by atoms with van der Waals surface area (Å²) in [6.45, 7) is 4.03. The highest BCUT2D eigenvalue weighted by Gasteiger charge is 2.27. The number of rotatable bonds is 5. The van der Waals surface area contributed by atoms with Crippen molar-refractivity contribution in [2.24, 2.45) is 0 Å². The van der Waals surface area contributed by atoms with Crippen molar-refractivity contribution < 1.29 is 4.79 Å². The summed E-state index contributed by atoms with van der Waals surface area (Å²) in [5.74, 6) is 0.226. The van der Waals surface area contributed by atoms with Gasteiger partial charge in [-0.1, -0.05) is 13.8 Å². The van der Waals surface area contributed by atoms with Crippen LogP contribution in [-0.2, 0) is 0 Å². The van der Waals surface area contributed by atoms with Crippen LogP contribution >= 0.6 is 27.5 Å². The lowest BCUT2D eigenvalue weighted by molar-refractivity contribution is 0.0897. The summed E-state index contributed by atoms with van der Waals surface area (Å²) >= 11 is 9.22. The Hall–Kier alpha value is -0.610. The lowest BCUT2D eigenvalue weighted by Gasteiger charge is -2.30. The fraction of sp³-hybridized carbons (Fsp3) is 0.500. The molecule has 17 heavy (non-hydrogen) atoms. The Morgan fingerprint density at radius 2 is 2.12 bits per heavy atom. The maximum absolute atomic E-state index is 12.0. The van der Waals surface area contributed by atoms with Crippen LogP contribution in [0.2, 0.25) is 0 Å². The zero-order valence-electron chi connectivity index (χ0n) is 9.96. The van der Waals surface area contributed by atoms with Gasteiger partial charge in [-0.15, -0.1) is 11.6 Å². The first-order valence-corrected chi connectivity index (χ1v) is 6.89. The highest BCUT2D eigenvalue weighted by molar-refractivity contribution is 9.10. The first kappa shape index (κ1) is 14.5. The average Bonchev–Trinajstić information content (AvgIpc) is 2.37. The summed E-state index contributed by atoms with van der Waals surface area (Å²) in [6, 6.07) is 3.48. The van der Waals surface area contributed by atoms with Gasteiger partial charge in [0.05, 0.1) is 5.54 Å². The molecule has 1 N–H and O–H groups in total. The molecule has 0 saturated carbocycles. The third-order valence-electron chi connectivity index (χ3n) is 2.95. The highest BCUT2D eigenvalue weighted by Crippen LogP contribution is 2.18. The van der Waals surface area contributed by atoms with Crippen LogP contribution in [0.15, 0.2) is 22.8 Å². The molecule has 0 saturated heterocycles. The topological polar surface area (TPSA) is 42.0 Å². The molecule has 0 aliphatic carbocycles. The molecule has 0 unspecified atom stereocenters. The second-order valence-corrected chi connectivity index (χ2v) is 5.12. The maximum Gasteiger partial charge on any atom is 0.270 e. The van der Waals surface area contributed by atoms with E-state index in [0.29, 0.717) is 11.6 Å². The van der Waals surface area contributed by atoms with E-state index in [9.17, 15) is 4.79 Å². The monoisotopic (exact) mass is 318 g/mol. The number of carbonyl (C=O) groups excluding carboxylic acids is 1. The van der Waals surface area contributed by atoms with E-state index >= 15 is 0 Å². The Bertz CT molecular complexity index is 368. The summed E-state index contributed by atoms with van der Waals surface area (Å²) < 4.78 is 0.851. The van der Waals surface area contributed by atoms with E-state index in [2.05, 4.69) is 26.2 Å². The number of pyridine rings is 1. The van der Waals surface area contributed by atoms with Gasteiger partial charge in [0.2, 0.25) is 0 Å². The van der Waals surface area contributed by atoms with Gasteiger partial charge in [0.1, 0.15) is 5.69 Å². The molecule has 0 radical (unpaired) electrons. The van der Waals surface area contributed by atoms with Crippen LogP contribution in [0.1, 0.15) is 37.2 Å². The smallest absolute Gasteiger partial charge is 0.270 e. The molecule has 0 aliphatic rings.